The molecule has 14 heavy (non-hydrogen) atoms. The molecule has 0 aromatic rings. The molecule has 2 saturated carbocycles. The quantitative estimate of drug-likeness (QED) is 0.714. The van der Waals surface area contributed by atoms with E-state index < -0.39 is 0 Å². The van der Waals surface area contributed by atoms with Crippen LogP contribution in [0.15, 0.2) is 0 Å². The van der Waals surface area contributed by atoms with Gasteiger partial charge in [-0.1, -0.05) is 20.8 Å². The maximum Gasteiger partial charge on any atom is 0.0237 e. The highest BCUT2D eigenvalue weighted by molar-refractivity contribution is 5.16. The van der Waals surface area contributed by atoms with Gasteiger partial charge in [0, 0.05) is 5.54 Å². The summed E-state index contributed by atoms with van der Waals surface area (Å²) in [5, 5.41) is 3.64. The van der Waals surface area contributed by atoms with E-state index >= 15 is 0 Å². The van der Waals surface area contributed by atoms with E-state index in [9.17, 15) is 0 Å². The second-order valence-corrected chi connectivity index (χ2v) is 6.10. The van der Waals surface area contributed by atoms with Crippen LogP contribution in [0.4, 0.5) is 0 Å². The lowest BCUT2D eigenvalue weighted by Gasteiger charge is -2.52. The topological polar surface area (TPSA) is 12.0 Å². The first kappa shape index (κ1) is 10.5. The Morgan fingerprint density at radius 3 is 2.14 bits per heavy atom. The summed E-state index contributed by atoms with van der Waals surface area (Å²) in [7, 11) is 2.15. The monoisotopic (exact) mass is 195 g/mol. The molecule has 0 aromatic heterocycles. The highest BCUT2D eigenvalue weighted by Gasteiger charge is 2.62. The van der Waals surface area contributed by atoms with Crippen molar-refractivity contribution in [2.45, 2.75) is 52.5 Å². The van der Waals surface area contributed by atoms with E-state index in [1.165, 1.54) is 19.3 Å². The van der Waals surface area contributed by atoms with Crippen molar-refractivity contribution in [2.24, 2.45) is 23.2 Å². The van der Waals surface area contributed by atoms with Gasteiger partial charge in [0.05, 0.1) is 0 Å². The predicted molar refractivity (Wildman–Crippen MR) is 61.2 cm³/mol. The van der Waals surface area contributed by atoms with Crippen LogP contribution in [0.25, 0.3) is 0 Å². The molecular weight excluding hydrogens is 170 g/mol. The first-order valence-electron chi connectivity index (χ1n) is 6.15. The van der Waals surface area contributed by atoms with Crippen LogP contribution in [0.2, 0.25) is 0 Å². The number of hydrogen-bond donors (Lipinski definition) is 1. The lowest BCUT2D eigenvalue weighted by molar-refractivity contribution is 0.00979. The van der Waals surface area contributed by atoms with E-state index in [-0.39, 0.29) is 0 Å². The average molecular weight is 195 g/mol. The van der Waals surface area contributed by atoms with Crippen LogP contribution in [0.3, 0.4) is 0 Å². The van der Waals surface area contributed by atoms with Crippen LogP contribution in [0.1, 0.15) is 47.0 Å². The summed E-state index contributed by atoms with van der Waals surface area (Å²) in [5.74, 6) is 2.67. The fourth-order valence-electron chi connectivity index (χ4n) is 4.46. The molecule has 2 rings (SSSR count). The Kier molecular flexibility index (Phi) is 2.23. The molecule has 2 fully saturated rings. The molecule has 0 spiro atoms. The second-order valence-electron chi connectivity index (χ2n) is 6.10. The third kappa shape index (κ3) is 0.946. The summed E-state index contributed by atoms with van der Waals surface area (Å²) in [5.41, 5.74) is 0.884. The average Bonchev–Trinajstić information content (AvgIpc) is 2.69. The molecule has 2 bridgehead atoms. The Morgan fingerprint density at radius 1 is 1.14 bits per heavy atom. The van der Waals surface area contributed by atoms with Gasteiger partial charge in [-0.15, -0.1) is 0 Å². The molecule has 1 heteroatoms. The van der Waals surface area contributed by atoms with Crippen LogP contribution in [0, 0.1) is 23.2 Å². The minimum atomic E-state index is 0.379. The fourth-order valence-corrected chi connectivity index (χ4v) is 4.46. The number of hydrogen-bond acceptors (Lipinski definition) is 1. The summed E-state index contributed by atoms with van der Waals surface area (Å²) in [6.07, 6.45) is 4.38. The third-order valence-electron chi connectivity index (χ3n) is 5.93. The van der Waals surface area contributed by atoms with Gasteiger partial charge in [-0.05, 0) is 56.4 Å². The molecule has 82 valence electrons. The minimum absolute atomic E-state index is 0.379. The maximum absolute atomic E-state index is 3.64. The summed E-state index contributed by atoms with van der Waals surface area (Å²) in [6.45, 7) is 9.77. The molecule has 0 aliphatic heterocycles. The molecule has 0 saturated heterocycles. The minimum Gasteiger partial charge on any atom is -0.314 e. The van der Waals surface area contributed by atoms with Crippen molar-refractivity contribution in [1.82, 2.24) is 5.32 Å². The lowest BCUT2D eigenvalue weighted by Crippen LogP contribution is -2.59. The second kappa shape index (κ2) is 2.98. The highest BCUT2D eigenvalue weighted by Crippen LogP contribution is 2.64. The van der Waals surface area contributed by atoms with Crippen molar-refractivity contribution in [3.05, 3.63) is 0 Å². The van der Waals surface area contributed by atoms with Gasteiger partial charge in [-0.2, -0.15) is 0 Å². The number of rotatable bonds is 2. The van der Waals surface area contributed by atoms with Gasteiger partial charge in [-0.3, -0.25) is 0 Å². The maximum atomic E-state index is 3.64. The zero-order valence-electron chi connectivity index (χ0n) is 10.4. The van der Waals surface area contributed by atoms with E-state index in [4.69, 9.17) is 0 Å². The molecule has 1 nitrogen and oxygen atoms in total. The Bertz CT molecular complexity index is 235. The van der Waals surface area contributed by atoms with E-state index in [1.54, 1.807) is 0 Å². The zero-order chi connectivity index (χ0) is 10.6. The molecular formula is C13H25N. The van der Waals surface area contributed by atoms with Crippen LogP contribution >= 0.6 is 0 Å². The van der Waals surface area contributed by atoms with Crippen LogP contribution in [0.5, 0.6) is 0 Å². The Balaban J connectivity index is 2.39. The van der Waals surface area contributed by atoms with Crippen molar-refractivity contribution in [3.63, 3.8) is 0 Å². The van der Waals surface area contributed by atoms with Crippen molar-refractivity contribution < 1.29 is 0 Å². The van der Waals surface area contributed by atoms with Gasteiger partial charge in [-0.25, -0.2) is 0 Å². The van der Waals surface area contributed by atoms with Crippen LogP contribution in [-0.2, 0) is 0 Å². The Labute approximate surface area is 88.7 Å². The van der Waals surface area contributed by atoms with Gasteiger partial charge < -0.3 is 5.32 Å². The SMILES string of the molecule is CNC1(C)C2CCC(C2)C1(C)C(C)C. The van der Waals surface area contributed by atoms with Crippen molar-refractivity contribution in [2.75, 3.05) is 7.05 Å². The number of fused-ring (bicyclic) bond motifs is 2. The van der Waals surface area contributed by atoms with E-state index in [0.29, 0.717) is 11.0 Å². The highest BCUT2D eigenvalue weighted by atomic mass is 15.0. The van der Waals surface area contributed by atoms with Crippen LogP contribution < -0.4 is 5.32 Å². The molecule has 4 unspecified atom stereocenters. The first-order valence-corrected chi connectivity index (χ1v) is 6.15. The van der Waals surface area contributed by atoms with E-state index in [1.807, 2.05) is 0 Å². The Morgan fingerprint density at radius 2 is 1.71 bits per heavy atom. The number of nitrogens with one attached hydrogen (secondary N) is 1. The fraction of sp³-hybridized carbons (Fsp3) is 1.00. The smallest absolute Gasteiger partial charge is 0.0237 e. The van der Waals surface area contributed by atoms with Crippen molar-refractivity contribution in [1.29, 1.82) is 0 Å². The molecule has 0 radical (unpaired) electrons. The van der Waals surface area contributed by atoms with Gasteiger partial charge >= 0.3 is 0 Å². The van der Waals surface area contributed by atoms with Gasteiger partial charge in [0.15, 0.2) is 0 Å². The van der Waals surface area contributed by atoms with Gasteiger partial charge in [0.2, 0.25) is 0 Å². The molecule has 4 atom stereocenters. The van der Waals surface area contributed by atoms with Crippen molar-refractivity contribution in [3.8, 4) is 0 Å². The predicted octanol–water partition coefficient (Wildman–Crippen LogP) is 3.06. The molecule has 1 N–H and O–H groups in total. The third-order valence-corrected chi connectivity index (χ3v) is 5.93. The van der Waals surface area contributed by atoms with Gasteiger partial charge in [0.1, 0.15) is 0 Å². The van der Waals surface area contributed by atoms with Crippen molar-refractivity contribution >= 4 is 0 Å². The first-order chi connectivity index (χ1) is 6.46. The summed E-state index contributed by atoms with van der Waals surface area (Å²) in [4.78, 5) is 0. The van der Waals surface area contributed by atoms with Crippen LogP contribution in [-0.4, -0.2) is 12.6 Å². The standard InChI is InChI=1S/C13H25N/c1-9(2)12(3)10-6-7-11(8-10)13(12,4)14-5/h9-11,14H,6-8H2,1-5H3. The summed E-state index contributed by atoms with van der Waals surface area (Å²) in [6, 6.07) is 0. The van der Waals surface area contributed by atoms with E-state index in [2.05, 4.69) is 40.1 Å². The lowest BCUT2D eigenvalue weighted by atomic mass is 9.58. The molecule has 0 heterocycles. The largest absolute Gasteiger partial charge is 0.314 e. The molecule has 2 aliphatic carbocycles. The summed E-state index contributed by atoms with van der Waals surface area (Å²) < 4.78 is 0. The Hall–Kier alpha value is -0.0400. The summed E-state index contributed by atoms with van der Waals surface area (Å²) >= 11 is 0. The molecule has 2 aliphatic rings. The normalized spacial score (nSPS) is 51.9. The van der Waals surface area contributed by atoms with E-state index in [0.717, 1.165) is 17.8 Å². The molecule has 0 amide bonds. The molecule has 0 aromatic carbocycles. The van der Waals surface area contributed by atoms with Gasteiger partial charge in [0.25, 0.3) is 0 Å². The zero-order valence-corrected chi connectivity index (χ0v) is 10.4.